The smallest absolute Gasteiger partial charge is 0.176 e. The van der Waals surface area contributed by atoms with Crippen LogP contribution in [0.25, 0.3) is 0 Å². The standard InChI is InChI=1S/C16H22ClNO3/c1-2-21-14-9-10(7-12(17)16(14)20)8-13-15(19)11-3-5-18(13)6-4-11/h7,9,11,13,15,19-20H,2-6,8H2,1H3. The summed E-state index contributed by atoms with van der Waals surface area (Å²) in [5.74, 6) is 0.845. The average molecular weight is 312 g/mol. The SMILES string of the molecule is CCOc1cc(CC2C(O)C3CCN2CC3)cc(Cl)c1O. The van der Waals surface area contributed by atoms with Gasteiger partial charge in [0.2, 0.25) is 0 Å². The van der Waals surface area contributed by atoms with Crippen LogP contribution >= 0.6 is 11.6 Å². The largest absolute Gasteiger partial charge is 0.503 e. The summed E-state index contributed by atoms with van der Waals surface area (Å²) in [4.78, 5) is 2.37. The van der Waals surface area contributed by atoms with Crippen LogP contribution in [-0.2, 0) is 6.42 Å². The van der Waals surface area contributed by atoms with Gasteiger partial charge in [-0.15, -0.1) is 0 Å². The summed E-state index contributed by atoms with van der Waals surface area (Å²) < 4.78 is 5.43. The molecular weight excluding hydrogens is 290 g/mol. The molecule has 3 fully saturated rings. The Morgan fingerprint density at radius 2 is 2.05 bits per heavy atom. The van der Waals surface area contributed by atoms with E-state index in [-0.39, 0.29) is 17.9 Å². The molecule has 4 rings (SSSR count). The number of fused-ring (bicyclic) bond motifs is 3. The molecule has 3 heterocycles. The van der Waals surface area contributed by atoms with Gasteiger partial charge in [0.05, 0.1) is 17.7 Å². The summed E-state index contributed by atoms with van der Waals surface area (Å²) in [6.07, 6.45) is 2.66. The van der Waals surface area contributed by atoms with Crippen LogP contribution in [-0.4, -0.2) is 47.0 Å². The maximum absolute atomic E-state index is 10.5. The molecule has 0 spiro atoms. The Balaban J connectivity index is 1.81. The number of rotatable bonds is 4. The van der Waals surface area contributed by atoms with Gasteiger partial charge in [-0.25, -0.2) is 0 Å². The third-order valence-corrected chi connectivity index (χ3v) is 5.04. The van der Waals surface area contributed by atoms with Crippen molar-refractivity contribution in [2.45, 2.75) is 38.3 Å². The number of hydrogen-bond donors (Lipinski definition) is 2. The van der Waals surface area contributed by atoms with Crippen LogP contribution in [0.2, 0.25) is 5.02 Å². The maximum atomic E-state index is 10.5. The van der Waals surface area contributed by atoms with E-state index < -0.39 is 0 Å². The number of aliphatic hydroxyl groups excluding tert-OH is 1. The number of phenolic OH excluding ortho intramolecular Hbond substituents is 1. The van der Waals surface area contributed by atoms with Crippen LogP contribution in [0.4, 0.5) is 0 Å². The lowest BCUT2D eigenvalue weighted by Crippen LogP contribution is -2.58. The second kappa shape index (κ2) is 6.03. The van der Waals surface area contributed by atoms with Crippen LogP contribution in [0.1, 0.15) is 25.3 Å². The first-order valence-corrected chi connectivity index (χ1v) is 8.04. The maximum Gasteiger partial charge on any atom is 0.176 e. The Hall–Kier alpha value is -0.970. The fourth-order valence-corrected chi connectivity index (χ4v) is 3.86. The number of ether oxygens (including phenoxy) is 1. The Kier molecular flexibility index (Phi) is 4.29. The summed E-state index contributed by atoms with van der Waals surface area (Å²) in [6, 6.07) is 3.75. The van der Waals surface area contributed by atoms with Crippen molar-refractivity contribution in [3.8, 4) is 11.5 Å². The monoisotopic (exact) mass is 311 g/mol. The van der Waals surface area contributed by atoms with Crippen molar-refractivity contribution in [3.05, 3.63) is 22.7 Å². The van der Waals surface area contributed by atoms with E-state index in [0.29, 0.717) is 23.3 Å². The molecule has 3 aliphatic rings. The Morgan fingerprint density at radius 1 is 1.33 bits per heavy atom. The van der Waals surface area contributed by atoms with Gasteiger partial charge < -0.3 is 14.9 Å². The van der Waals surface area contributed by atoms with Crippen molar-refractivity contribution in [2.24, 2.45) is 5.92 Å². The molecule has 0 radical (unpaired) electrons. The van der Waals surface area contributed by atoms with Gasteiger partial charge in [0.25, 0.3) is 0 Å². The molecule has 3 aliphatic heterocycles. The zero-order chi connectivity index (χ0) is 15.0. The van der Waals surface area contributed by atoms with Crippen molar-refractivity contribution in [3.63, 3.8) is 0 Å². The molecule has 4 nitrogen and oxygen atoms in total. The Morgan fingerprint density at radius 3 is 2.67 bits per heavy atom. The van der Waals surface area contributed by atoms with Crippen molar-refractivity contribution < 1.29 is 14.9 Å². The number of benzene rings is 1. The number of halogens is 1. The van der Waals surface area contributed by atoms with Crippen LogP contribution in [0.5, 0.6) is 11.5 Å². The summed E-state index contributed by atoms with van der Waals surface area (Å²) in [5, 5.41) is 20.7. The number of aliphatic hydroxyl groups is 1. The van der Waals surface area contributed by atoms with Gasteiger partial charge in [0, 0.05) is 6.04 Å². The zero-order valence-electron chi connectivity index (χ0n) is 12.3. The third kappa shape index (κ3) is 2.85. The number of nitrogens with zero attached hydrogens (tertiary/aromatic N) is 1. The van der Waals surface area contributed by atoms with E-state index in [1.807, 2.05) is 13.0 Å². The van der Waals surface area contributed by atoms with Gasteiger partial charge in [-0.3, -0.25) is 4.90 Å². The highest BCUT2D eigenvalue weighted by Gasteiger charge is 2.41. The number of phenols is 1. The molecule has 2 atom stereocenters. The lowest BCUT2D eigenvalue weighted by Gasteiger charge is -2.49. The molecule has 0 aromatic heterocycles. The lowest BCUT2D eigenvalue weighted by atomic mass is 9.78. The van der Waals surface area contributed by atoms with E-state index in [2.05, 4.69) is 4.90 Å². The molecule has 116 valence electrons. The molecule has 1 aromatic rings. The van der Waals surface area contributed by atoms with Gasteiger partial charge in [-0.1, -0.05) is 11.6 Å². The summed E-state index contributed by atoms with van der Waals surface area (Å²) >= 11 is 6.08. The van der Waals surface area contributed by atoms with Crippen molar-refractivity contribution >= 4 is 11.6 Å². The normalized spacial score (nSPS) is 31.4. The zero-order valence-corrected chi connectivity index (χ0v) is 13.0. The highest BCUT2D eigenvalue weighted by molar-refractivity contribution is 6.32. The van der Waals surface area contributed by atoms with Gasteiger partial charge in [0.1, 0.15) is 0 Å². The minimum Gasteiger partial charge on any atom is -0.503 e. The highest BCUT2D eigenvalue weighted by Crippen LogP contribution is 2.38. The minimum atomic E-state index is -0.268. The van der Waals surface area contributed by atoms with Crippen molar-refractivity contribution in [2.75, 3.05) is 19.7 Å². The van der Waals surface area contributed by atoms with E-state index in [1.165, 1.54) is 0 Å². The molecule has 2 N–H and O–H groups in total. The van der Waals surface area contributed by atoms with Crippen molar-refractivity contribution in [1.29, 1.82) is 0 Å². The number of piperidine rings is 3. The average Bonchev–Trinajstić information content (AvgIpc) is 2.48. The van der Waals surface area contributed by atoms with Crippen molar-refractivity contribution in [1.82, 2.24) is 4.90 Å². The summed E-state index contributed by atoms with van der Waals surface area (Å²) in [6.45, 7) is 4.48. The van der Waals surface area contributed by atoms with E-state index >= 15 is 0 Å². The van der Waals surface area contributed by atoms with Gasteiger partial charge in [0.15, 0.2) is 11.5 Å². The summed E-state index contributed by atoms with van der Waals surface area (Å²) in [5.41, 5.74) is 0.998. The van der Waals surface area contributed by atoms with E-state index in [1.54, 1.807) is 6.07 Å². The fourth-order valence-electron chi connectivity index (χ4n) is 3.62. The first-order chi connectivity index (χ1) is 10.1. The first-order valence-electron chi connectivity index (χ1n) is 7.66. The van der Waals surface area contributed by atoms with Gasteiger partial charge >= 0.3 is 0 Å². The fraction of sp³-hybridized carbons (Fsp3) is 0.625. The topological polar surface area (TPSA) is 52.9 Å². The predicted octanol–water partition coefficient (Wildman–Crippen LogP) is 2.44. The number of hydrogen-bond acceptors (Lipinski definition) is 4. The molecular formula is C16H22ClNO3. The molecule has 2 bridgehead atoms. The van der Waals surface area contributed by atoms with Gasteiger partial charge in [-0.2, -0.15) is 0 Å². The van der Waals surface area contributed by atoms with Crippen LogP contribution in [0.15, 0.2) is 12.1 Å². The quantitative estimate of drug-likeness (QED) is 0.897. The van der Waals surface area contributed by atoms with E-state index in [0.717, 1.165) is 37.9 Å². The second-order valence-corrected chi connectivity index (χ2v) is 6.40. The summed E-state index contributed by atoms with van der Waals surface area (Å²) in [7, 11) is 0. The Bertz CT molecular complexity index is 512. The number of aromatic hydroxyl groups is 1. The van der Waals surface area contributed by atoms with Gasteiger partial charge in [-0.05, 0) is 62.9 Å². The first kappa shape index (κ1) is 14.9. The molecule has 0 aliphatic carbocycles. The molecule has 0 saturated carbocycles. The molecule has 2 unspecified atom stereocenters. The molecule has 21 heavy (non-hydrogen) atoms. The molecule has 5 heteroatoms. The third-order valence-electron chi connectivity index (χ3n) is 4.75. The predicted molar refractivity (Wildman–Crippen MR) is 82.1 cm³/mol. The van der Waals surface area contributed by atoms with E-state index in [4.69, 9.17) is 16.3 Å². The highest BCUT2D eigenvalue weighted by atomic mass is 35.5. The van der Waals surface area contributed by atoms with Crippen LogP contribution in [0, 0.1) is 5.92 Å². The second-order valence-electron chi connectivity index (χ2n) is 5.99. The Labute approximate surface area is 130 Å². The lowest BCUT2D eigenvalue weighted by molar-refractivity contribution is -0.0715. The molecule has 0 amide bonds. The molecule has 1 aromatic carbocycles. The molecule has 3 saturated heterocycles. The van der Waals surface area contributed by atoms with Crippen LogP contribution in [0.3, 0.4) is 0 Å². The van der Waals surface area contributed by atoms with Crippen LogP contribution < -0.4 is 4.74 Å². The van der Waals surface area contributed by atoms with E-state index in [9.17, 15) is 10.2 Å². The minimum absolute atomic E-state index is 0.00622.